The van der Waals surface area contributed by atoms with Crippen molar-refractivity contribution in [3.05, 3.63) is 30.1 Å². The van der Waals surface area contributed by atoms with Crippen molar-refractivity contribution < 1.29 is 4.79 Å². The number of aryl methyl sites for hydroxylation is 1. The second-order valence-corrected chi connectivity index (χ2v) is 4.81. The summed E-state index contributed by atoms with van der Waals surface area (Å²) in [4.78, 5) is 18.1. The normalized spacial score (nSPS) is 16.8. The monoisotopic (exact) mass is 247 g/mol. The molecule has 2 rings (SSSR count). The molecule has 0 aliphatic carbocycles. The molecule has 4 heteroatoms. The first-order valence-corrected chi connectivity index (χ1v) is 6.63. The van der Waals surface area contributed by atoms with Crippen LogP contribution in [0.15, 0.2) is 24.5 Å². The van der Waals surface area contributed by atoms with Crippen LogP contribution in [0.2, 0.25) is 0 Å². The maximum absolute atomic E-state index is 12.1. The maximum Gasteiger partial charge on any atom is 0.222 e. The first kappa shape index (κ1) is 13.0. The zero-order valence-electron chi connectivity index (χ0n) is 10.9. The van der Waals surface area contributed by atoms with Crippen molar-refractivity contribution >= 4 is 5.91 Å². The second kappa shape index (κ2) is 6.50. The molecule has 0 saturated carbocycles. The van der Waals surface area contributed by atoms with Crippen LogP contribution >= 0.6 is 0 Å². The van der Waals surface area contributed by atoms with Gasteiger partial charge in [0.2, 0.25) is 5.91 Å². The molecule has 2 heterocycles. The van der Waals surface area contributed by atoms with Gasteiger partial charge in [-0.3, -0.25) is 9.78 Å². The lowest BCUT2D eigenvalue weighted by Crippen LogP contribution is -2.44. The van der Waals surface area contributed by atoms with Crippen LogP contribution in [0, 0.1) is 0 Å². The van der Waals surface area contributed by atoms with E-state index in [1.165, 1.54) is 0 Å². The van der Waals surface area contributed by atoms with E-state index in [2.05, 4.69) is 10.3 Å². The number of nitrogens with one attached hydrogen (secondary N) is 1. The largest absolute Gasteiger partial charge is 0.343 e. The Bertz CT molecular complexity index is 372. The second-order valence-electron chi connectivity index (χ2n) is 4.81. The Labute approximate surface area is 108 Å². The molecule has 0 atom stereocenters. The highest BCUT2D eigenvalue weighted by atomic mass is 16.2. The van der Waals surface area contributed by atoms with Crippen molar-refractivity contribution in [1.29, 1.82) is 0 Å². The molecule has 0 aromatic carbocycles. The van der Waals surface area contributed by atoms with Crippen molar-refractivity contribution in [2.45, 2.75) is 31.7 Å². The zero-order valence-corrected chi connectivity index (χ0v) is 10.9. The number of carbonyl (C=O) groups is 1. The van der Waals surface area contributed by atoms with Crippen molar-refractivity contribution in [2.75, 3.05) is 20.1 Å². The summed E-state index contributed by atoms with van der Waals surface area (Å²) < 4.78 is 0. The Morgan fingerprint density at radius 3 is 2.89 bits per heavy atom. The van der Waals surface area contributed by atoms with Crippen molar-refractivity contribution in [3.63, 3.8) is 0 Å². The van der Waals surface area contributed by atoms with Crippen LogP contribution in [0.25, 0.3) is 0 Å². The number of carbonyl (C=O) groups excluding carboxylic acids is 1. The number of nitrogens with zero attached hydrogens (tertiary/aromatic N) is 2. The van der Waals surface area contributed by atoms with Gasteiger partial charge < -0.3 is 10.2 Å². The van der Waals surface area contributed by atoms with Gasteiger partial charge in [-0.05, 0) is 37.9 Å². The zero-order chi connectivity index (χ0) is 12.8. The van der Waals surface area contributed by atoms with E-state index in [-0.39, 0.29) is 5.91 Å². The predicted molar refractivity (Wildman–Crippen MR) is 71.2 cm³/mol. The van der Waals surface area contributed by atoms with Gasteiger partial charge in [0, 0.05) is 37.9 Å². The summed E-state index contributed by atoms with van der Waals surface area (Å²) in [6, 6.07) is 4.51. The molecule has 98 valence electrons. The van der Waals surface area contributed by atoms with E-state index >= 15 is 0 Å². The number of hydrogen-bond donors (Lipinski definition) is 1. The first-order chi connectivity index (χ1) is 8.79. The van der Waals surface area contributed by atoms with Crippen molar-refractivity contribution in [2.24, 2.45) is 0 Å². The minimum absolute atomic E-state index is 0.272. The molecule has 1 aliphatic rings. The number of pyridine rings is 1. The summed E-state index contributed by atoms with van der Waals surface area (Å²) in [6.45, 7) is 1.77. The van der Waals surface area contributed by atoms with Crippen LogP contribution in [0.5, 0.6) is 0 Å². The van der Waals surface area contributed by atoms with E-state index in [4.69, 9.17) is 0 Å². The topological polar surface area (TPSA) is 45.2 Å². The van der Waals surface area contributed by atoms with Gasteiger partial charge in [0.1, 0.15) is 0 Å². The van der Waals surface area contributed by atoms with Crippen LogP contribution in [-0.4, -0.2) is 42.0 Å². The van der Waals surface area contributed by atoms with Gasteiger partial charge >= 0.3 is 0 Å². The lowest BCUT2D eigenvalue weighted by Gasteiger charge is -2.31. The molecular formula is C14H21N3O. The highest BCUT2D eigenvalue weighted by molar-refractivity contribution is 5.76. The summed E-state index contributed by atoms with van der Waals surface area (Å²) in [5, 5.41) is 3.27. The molecule has 1 fully saturated rings. The fourth-order valence-corrected chi connectivity index (χ4v) is 2.37. The maximum atomic E-state index is 12.1. The molecule has 1 saturated heterocycles. The molecule has 1 aromatic rings. The standard InChI is InChI=1S/C14H21N3O/c1-15-13-6-9-17(10-7-13)14(18)5-4-12-3-2-8-16-11-12/h2-3,8,11,13,15H,4-7,9-10H2,1H3. The molecule has 1 aromatic heterocycles. The Kier molecular flexibility index (Phi) is 4.70. The predicted octanol–water partition coefficient (Wildman–Crippen LogP) is 1.22. The van der Waals surface area contributed by atoms with E-state index in [0.29, 0.717) is 12.5 Å². The van der Waals surface area contributed by atoms with E-state index in [9.17, 15) is 4.79 Å². The molecule has 4 nitrogen and oxygen atoms in total. The Balaban J connectivity index is 1.75. The van der Waals surface area contributed by atoms with Crippen LogP contribution in [0.3, 0.4) is 0 Å². The van der Waals surface area contributed by atoms with Gasteiger partial charge in [-0.15, -0.1) is 0 Å². The fourth-order valence-electron chi connectivity index (χ4n) is 2.37. The Hall–Kier alpha value is -1.42. The van der Waals surface area contributed by atoms with Crippen LogP contribution in [-0.2, 0) is 11.2 Å². The minimum Gasteiger partial charge on any atom is -0.343 e. The van der Waals surface area contributed by atoms with Gasteiger partial charge in [0.15, 0.2) is 0 Å². The molecule has 0 spiro atoms. The molecule has 0 radical (unpaired) electrons. The van der Waals surface area contributed by atoms with Gasteiger partial charge in [-0.1, -0.05) is 6.07 Å². The van der Waals surface area contributed by atoms with Crippen molar-refractivity contribution in [1.82, 2.24) is 15.2 Å². The summed E-state index contributed by atoms with van der Waals surface area (Å²) in [7, 11) is 1.99. The van der Waals surface area contributed by atoms with Crippen molar-refractivity contribution in [3.8, 4) is 0 Å². The molecule has 1 aliphatic heterocycles. The quantitative estimate of drug-likeness (QED) is 0.870. The molecular weight excluding hydrogens is 226 g/mol. The molecule has 18 heavy (non-hydrogen) atoms. The summed E-state index contributed by atoms with van der Waals surface area (Å²) in [5.41, 5.74) is 1.14. The highest BCUT2D eigenvalue weighted by Gasteiger charge is 2.21. The first-order valence-electron chi connectivity index (χ1n) is 6.63. The Morgan fingerprint density at radius 2 is 2.28 bits per heavy atom. The number of piperidine rings is 1. The highest BCUT2D eigenvalue weighted by Crippen LogP contribution is 2.12. The third kappa shape index (κ3) is 3.53. The number of hydrogen-bond acceptors (Lipinski definition) is 3. The average molecular weight is 247 g/mol. The molecule has 1 amide bonds. The molecule has 0 bridgehead atoms. The molecule has 1 N–H and O–H groups in total. The Morgan fingerprint density at radius 1 is 1.50 bits per heavy atom. The van der Waals surface area contributed by atoms with E-state index in [1.807, 2.05) is 30.3 Å². The fraction of sp³-hybridized carbons (Fsp3) is 0.571. The van der Waals surface area contributed by atoms with Gasteiger partial charge in [-0.2, -0.15) is 0 Å². The molecule has 0 unspecified atom stereocenters. The summed E-state index contributed by atoms with van der Waals surface area (Å²) in [5.74, 6) is 0.272. The van der Waals surface area contributed by atoms with E-state index in [1.54, 1.807) is 6.20 Å². The minimum atomic E-state index is 0.272. The lowest BCUT2D eigenvalue weighted by molar-refractivity contribution is -0.132. The van der Waals surface area contributed by atoms with Gasteiger partial charge in [0.25, 0.3) is 0 Å². The smallest absolute Gasteiger partial charge is 0.222 e. The number of aromatic nitrogens is 1. The number of amides is 1. The lowest BCUT2D eigenvalue weighted by atomic mass is 10.0. The van der Waals surface area contributed by atoms with Crippen LogP contribution < -0.4 is 5.32 Å². The summed E-state index contributed by atoms with van der Waals surface area (Å²) in [6.07, 6.45) is 7.10. The summed E-state index contributed by atoms with van der Waals surface area (Å²) >= 11 is 0. The number of rotatable bonds is 4. The third-order valence-electron chi connectivity index (χ3n) is 3.61. The average Bonchev–Trinajstić information content (AvgIpc) is 2.46. The third-order valence-corrected chi connectivity index (χ3v) is 3.61. The number of likely N-dealkylation sites (tertiary alicyclic amines) is 1. The van der Waals surface area contributed by atoms with Crippen LogP contribution in [0.1, 0.15) is 24.8 Å². The van der Waals surface area contributed by atoms with Gasteiger partial charge in [-0.25, -0.2) is 0 Å². The SMILES string of the molecule is CNC1CCN(C(=O)CCc2cccnc2)CC1. The van der Waals surface area contributed by atoms with E-state index < -0.39 is 0 Å². The van der Waals surface area contributed by atoms with Gasteiger partial charge in [0.05, 0.1) is 0 Å². The van der Waals surface area contributed by atoms with Crippen LogP contribution in [0.4, 0.5) is 0 Å². The van der Waals surface area contributed by atoms with E-state index in [0.717, 1.165) is 37.9 Å².